The van der Waals surface area contributed by atoms with Crippen LogP contribution in [0.1, 0.15) is 10.4 Å². The second-order valence-corrected chi connectivity index (χ2v) is 6.35. The Morgan fingerprint density at radius 2 is 1.63 bits per heavy atom. The van der Waals surface area contributed by atoms with Gasteiger partial charge < -0.3 is 9.73 Å². The largest absolute Gasteiger partial charge is 0.434 e. The topological polar surface area (TPSA) is 68.0 Å². The summed E-state index contributed by atoms with van der Waals surface area (Å²) in [5, 5.41) is 2.23. The molecule has 152 valence electrons. The van der Waals surface area contributed by atoms with Crippen molar-refractivity contribution in [1.29, 1.82) is 0 Å². The molecule has 2 aromatic heterocycles. The Kier molecular flexibility index (Phi) is 4.86. The minimum Gasteiger partial charge on any atom is -0.434 e. The summed E-state index contributed by atoms with van der Waals surface area (Å²) in [6.45, 7) is 0. The molecule has 0 fully saturated rings. The zero-order valence-electron chi connectivity index (χ0n) is 14.4. The number of benzene rings is 2. The summed E-state index contributed by atoms with van der Waals surface area (Å²) < 4.78 is 73.1. The molecule has 0 bridgehead atoms. The SMILES string of the molecule is O=C(Nc1ccc(Cl)c(-c2nc3ncccc3o2)c1)c1c(F)c(F)c(F)c(F)c1F. The van der Waals surface area contributed by atoms with Gasteiger partial charge in [-0.25, -0.2) is 26.9 Å². The Balaban J connectivity index is 1.72. The predicted molar refractivity (Wildman–Crippen MR) is 96.4 cm³/mol. The van der Waals surface area contributed by atoms with E-state index < -0.39 is 40.6 Å². The molecule has 1 N–H and O–H groups in total. The zero-order chi connectivity index (χ0) is 21.6. The molecule has 5 nitrogen and oxygen atoms in total. The Hall–Kier alpha value is -3.53. The van der Waals surface area contributed by atoms with Gasteiger partial charge in [0, 0.05) is 11.9 Å². The van der Waals surface area contributed by atoms with E-state index in [4.69, 9.17) is 16.0 Å². The number of rotatable bonds is 3. The van der Waals surface area contributed by atoms with Gasteiger partial charge in [0.05, 0.1) is 10.6 Å². The van der Waals surface area contributed by atoms with Crippen LogP contribution >= 0.6 is 11.6 Å². The number of amides is 1. The lowest BCUT2D eigenvalue weighted by molar-refractivity contribution is 0.101. The summed E-state index contributed by atoms with van der Waals surface area (Å²) in [5.74, 6) is -12.8. The van der Waals surface area contributed by atoms with E-state index in [1.54, 1.807) is 12.1 Å². The predicted octanol–water partition coefficient (Wildman–Crippen LogP) is 5.49. The number of nitrogens with one attached hydrogen (secondary N) is 1. The molecule has 0 unspecified atom stereocenters. The lowest BCUT2D eigenvalue weighted by Gasteiger charge is -2.10. The Labute approximate surface area is 169 Å². The molecule has 0 aliphatic heterocycles. The summed E-state index contributed by atoms with van der Waals surface area (Å²) in [6.07, 6.45) is 1.50. The van der Waals surface area contributed by atoms with Crippen LogP contribution in [0, 0.1) is 29.1 Å². The first-order chi connectivity index (χ1) is 14.3. The number of oxazole rings is 1. The van der Waals surface area contributed by atoms with Crippen molar-refractivity contribution in [3.05, 3.63) is 76.2 Å². The van der Waals surface area contributed by atoms with Crippen molar-refractivity contribution in [2.24, 2.45) is 0 Å². The van der Waals surface area contributed by atoms with E-state index >= 15 is 0 Å². The normalized spacial score (nSPS) is 11.1. The number of carbonyl (C=O) groups is 1. The van der Waals surface area contributed by atoms with Crippen molar-refractivity contribution in [2.75, 3.05) is 5.32 Å². The molecule has 0 atom stereocenters. The van der Waals surface area contributed by atoms with Crippen LogP contribution in [0.2, 0.25) is 5.02 Å². The molecule has 0 spiro atoms. The summed E-state index contributed by atoms with van der Waals surface area (Å²) in [7, 11) is 0. The summed E-state index contributed by atoms with van der Waals surface area (Å²) in [6, 6.07) is 7.09. The first kappa shape index (κ1) is 19.8. The fourth-order valence-electron chi connectivity index (χ4n) is 2.65. The van der Waals surface area contributed by atoms with Crippen LogP contribution in [0.25, 0.3) is 22.7 Å². The van der Waals surface area contributed by atoms with Crippen LogP contribution in [-0.2, 0) is 0 Å². The third kappa shape index (κ3) is 3.24. The standard InChI is InChI=1S/C19H7ClF5N3O2/c20-9-4-3-7(6-8(9)19-28-17-10(30-19)2-1-5-26-17)27-18(29)11-12(21)14(23)16(25)15(24)13(11)22/h1-6H,(H,27,29). The maximum Gasteiger partial charge on any atom is 0.261 e. The number of nitrogens with zero attached hydrogens (tertiary/aromatic N) is 2. The van der Waals surface area contributed by atoms with Crippen LogP contribution in [0.3, 0.4) is 0 Å². The van der Waals surface area contributed by atoms with E-state index in [0.717, 1.165) is 0 Å². The fraction of sp³-hybridized carbons (Fsp3) is 0. The van der Waals surface area contributed by atoms with Crippen molar-refractivity contribution in [1.82, 2.24) is 9.97 Å². The van der Waals surface area contributed by atoms with E-state index in [2.05, 4.69) is 15.3 Å². The summed E-state index contributed by atoms with van der Waals surface area (Å²) in [4.78, 5) is 20.4. The quantitative estimate of drug-likeness (QED) is 0.260. The van der Waals surface area contributed by atoms with Gasteiger partial charge in [-0.15, -0.1) is 0 Å². The van der Waals surface area contributed by atoms with Gasteiger partial charge in [-0.2, -0.15) is 4.98 Å². The first-order valence-corrected chi connectivity index (χ1v) is 8.50. The molecule has 2 heterocycles. The van der Waals surface area contributed by atoms with E-state index in [0.29, 0.717) is 11.2 Å². The third-order valence-electron chi connectivity index (χ3n) is 4.06. The average Bonchev–Trinajstić information content (AvgIpc) is 3.16. The molecule has 4 rings (SSSR count). The van der Waals surface area contributed by atoms with Crippen LogP contribution in [0.4, 0.5) is 27.6 Å². The second-order valence-electron chi connectivity index (χ2n) is 5.94. The maximum absolute atomic E-state index is 13.8. The molecule has 4 aromatic rings. The van der Waals surface area contributed by atoms with Crippen LogP contribution in [0.15, 0.2) is 40.9 Å². The van der Waals surface area contributed by atoms with Gasteiger partial charge in [0.2, 0.25) is 11.7 Å². The fourth-order valence-corrected chi connectivity index (χ4v) is 2.85. The van der Waals surface area contributed by atoms with E-state index in [1.165, 1.54) is 24.4 Å². The minimum absolute atomic E-state index is 0.0426. The minimum atomic E-state index is -2.36. The Bertz CT molecular complexity index is 1260. The third-order valence-corrected chi connectivity index (χ3v) is 4.39. The van der Waals surface area contributed by atoms with Gasteiger partial charge in [-0.1, -0.05) is 11.6 Å². The molecule has 2 aromatic carbocycles. The second kappa shape index (κ2) is 7.38. The molecule has 0 aliphatic carbocycles. The van der Waals surface area contributed by atoms with Gasteiger partial charge in [0.1, 0.15) is 5.56 Å². The molecular formula is C19H7ClF5N3O2. The Morgan fingerprint density at radius 3 is 2.30 bits per heavy atom. The highest BCUT2D eigenvalue weighted by atomic mass is 35.5. The van der Waals surface area contributed by atoms with Gasteiger partial charge in [-0.05, 0) is 30.3 Å². The van der Waals surface area contributed by atoms with Gasteiger partial charge in [0.15, 0.2) is 34.5 Å². The van der Waals surface area contributed by atoms with Crippen LogP contribution in [-0.4, -0.2) is 15.9 Å². The van der Waals surface area contributed by atoms with Crippen molar-refractivity contribution >= 4 is 34.4 Å². The number of hydrogen-bond acceptors (Lipinski definition) is 4. The maximum atomic E-state index is 13.8. The highest BCUT2D eigenvalue weighted by Gasteiger charge is 2.30. The number of anilines is 1. The van der Waals surface area contributed by atoms with Gasteiger partial charge in [-0.3, -0.25) is 4.79 Å². The molecule has 1 amide bonds. The van der Waals surface area contributed by atoms with E-state index in [1.807, 2.05) is 0 Å². The number of pyridine rings is 1. The molecule has 0 radical (unpaired) electrons. The monoisotopic (exact) mass is 439 g/mol. The summed E-state index contributed by atoms with van der Waals surface area (Å²) in [5.41, 5.74) is -0.823. The number of carbonyl (C=O) groups excluding carboxylic acids is 1. The smallest absolute Gasteiger partial charge is 0.261 e. The first-order valence-electron chi connectivity index (χ1n) is 8.12. The van der Waals surface area contributed by atoms with E-state index in [9.17, 15) is 26.7 Å². The van der Waals surface area contributed by atoms with Gasteiger partial charge >= 0.3 is 0 Å². The number of hydrogen-bond donors (Lipinski definition) is 1. The molecule has 0 saturated carbocycles. The van der Waals surface area contributed by atoms with Crippen molar-refractivity contribution in [3.63, 3.8) is 0 Å². The lowest BCUT2D eigenvalue weighted by Crippen LogP contribution is -2.19. The van der Waals surface area contributed by atoms with Crippen LogP contribution < -0.4 is 5.32 Å². The van der Waals surface area contributed by atoms with Crippen molar-refractivity contribution in [3.8, 4) is 11.5 Å². The van der Waals surface area contributed by atoms with E-state index in [-0.39, 0.29) is 22.2 Å². The highest BCUT2D eigenvalue weighted by Crippen LogP contribution is 2.32. The van der Waals surface area contributed by atoms with Gasteiger partial charge in [0.25, 0.3) is 5.91 Å². The lowest BCUT2D eigenvalue weighted by atomic mass is 10.1. The molecular weight excluding hydrogens is 433 g/mol. The Morgan fingerprint density at radius 1 is 0.967 bits per heavy atom. The zero-order valence-corrected chi connectivity index (χ0v) is 15.2. The number of aromatic nitrogens is 2. The van der Waals surface area contributed by atoms with Crippen molar-refractivity contribution in [2.45, 2.75) is 0 Å². The average molecular weight is 440 g/mol. The molecule has 0 saturated heterocycles. The van der Waals surface area contributed by atoms with Crippen molar-refractivity contribution < 1.29 is 31.2 Å². The highest BCUT2D eigenvalue weighted by molar-refractivity contribution is 6.33. The number of fused-ring (bicyclic) bond motifs is 1. The molecule has 30 heavy (non-hydrogen) atoms. The van der Waals surface area contributed by atoms with Crippen LogP contribution in [0.5, 0.6) is 0 Å². The molecule has 0 aliphatic rings. The molecule has 11 heteroatoms. The summed E-state index contributed by atoms with van der Waals surface area (Å²) >= 11 is 6.13. The number of halogens is 6.